The molecule has 2 aromatic rings. The van der Waals surface area contributed by atoms with Crippen LogP contribution in [0.15, 0.2) is 29.0 Å². The van der Waals surface area contributed by atoms with Crippen LogP contribution >= 0.6 is 11.3 Å². The van der Waals surface area contributed by atoms with Crippen molar-refractivity contribution in [3.63, 3.8) is 0 Å². The minimum atomic E-state index is 0.444. The van der Waals surface area contributed by atoms with Crippen molar-refractivity contribution in [2.45, 2.75) is 13.8 Å². The van der Waals surface area contributed by atoms with E-state index in [2.05, 4.69) is 24.1 Å². The predicted octanol–water partition coefficient (Wildman–Crippen LogP) is 3.50. The molecule has 96 valence electrons. The summed E-state index contributed by atoms with van der Waals surface area (Å²) in [6, 6.07) is 5.64. The quantitative estimate of drug-likeness (QED) is 0.866. The molecule has 0 bridgehead atoms. The van der Waals surface area contributed by atoms with Gasteiger partial charge in [0.2, 0.25) is 5.88 Å². The second-order valence-electron chi connectivity index (χ2n) is 4.43. The Morgan fingerprint density at radius 1 is 1.39 bits per heavy atom. The molecule has 0 aliphatic carbocycles. The van der Waals surface area contributed by atoms with Crippen LogP contribution in [-0.2, 0) is 0 Å². The minimum Gasteiger partial charge on any atom is -0.476 e. The molecule has 0 fully saturated rings. The van der Waals surface area contributed by atoms with Crippen LogP contribution in [0.3, 0.4) is 0 Å². The van der Waals surface area contributed by atoms with Gasteiger partial charge in [-0.15, -0.1) is 0 Å². The Morgan fingerprint density at radius 2 is 2.22 bits per heavy atom. The molecule has 0 aliphatic heterocycles. The first-order chi connectivity index (χ1) is 8.65. The number of pyridine rings is 1. The van der Waals surface area contributed by atoms with Crippen LogP contribution in [0.5, 0.6) is 5.88 Å². The third-order valence-electron chi connectivity index (χ3n) is 2.24. The van der Waals surface area contributed by atoms with Gasteiger partial charge in [-0.25, -0.2) is 0 Å². The molecule has 3 N–H and O–H groups in total. The first-order valence-electron chi connectivity index (χ1n) is 5.83. The number of nitrogens with one attached hydrogen (secondary N) is 1. The summed E-state index contributed by atoms with van der Waals surface area (Å²) in [6.45, 7) is 4.78. The fraction of sp³-hybridized carbons (Fsp3) is 0.308. The van der Waals surface area contributed by atoms with E-state index in [1.54, 1.807) is 17.4 Å². The van der Waals surface area contributed by atoms with E-state index < -0.39 is 0 Å². The lowest BCUT2D eigenvalue weighted by Crippen LogP contribution is -2.08. The van der Waals surface area contributed by atoms with Crippen molar-refractivity contribution in [3.8, 4) is 5.88 Å². The molecule has 0 spiro atoms. The Bertz CT molecular complexity index is 497. The first kappa shape index (κ1) is 12.7. The Labute approximate surface area is 111 Å². The normalized spacial score (nSPS) is 10.6. The minimum absolute atomic E-state index is 0.444. The molecule has 0 aromatic carbocycles. The number of aromatic nitrogens is 1. The largest absolute Gasteiger partial charge is 0.476 e. The maximum Gasteiger partial charge on any atom is 0.239 e. The van der Waals surface area contributed by atoms with Crippen LogP contribution in [0.1, 0.15) is 13.8 Å². The molecule has 4 nitrogen and oxygen atoms in total. The molecule has 5 heteroatoms. The van der Waals surface area contributed by atoms with Crippen LogP contribution in [-0.4, -0.2) is 11.6 Å². The topological polar surface area (TPSA) is 60.2 Å². The van der Waals surface area contributed by atoms with E-state index in [9.17, 15) is 0 Å². The van der Waals surface area contributed by atoms with Gasteiger partial charge in [0.25, 0.3) is 0 Å². The lowest BCUT2D eigenvalue weighted by molar-refractivity contribution is 0.263. The van der Waals surface area contributed by atoms with E-state index >= 15 is 0 Å². The molecule has 0 amide bonds. The number of hydrogen-bond acceptors (Lipinski definition) is 5. The number of anilines is 3. The summed E-state index contributed by atoms with van der Waals surface area (Å²) >= 11 is 1.63. The highest BCUT2D eigenvalue weighted by molar-refractivity contribution is 7.08. The molecule has 0 saturated heterocycles. The Morgan fingerprint density at radius 3 is 2.89 bits per heavy atom. The van der Waals surface area contributed by atoms with Crippen molar-refractivity contribution in [3.05, 3.63) is 29.0 Å². The average molecular weight is 263 g/mol. The van der Waals surface area contributed by atoms with Crippen LogP contribution in [0.25, 0.3) is 0 Å². The number of ether oxygens (including phenoxy) is 1. The van der Waals surface area contributed by atoms with Gasteiger partial charge in [-0.2, -0.15) is 16.3 Å². The van der Waals surface area contributed by atoms with Crippen molar-refractivity contribution in [1.82, 2.24) is 4.98 Å². The van der Waals surface area contributed by atoms with E-state index in [-0.39, 0.29) is 0 Å². The van der Waals surface area contributed by atoms with Gasteiger partial charge in [-0.3, -0.25) is 0 Å². The van der Waals surface area contributed by atoms with E-state index in [1.165, 1.54) is 0 Å². The van der Waals surface area contributed by atoms with Crippen molar-refractivity contribution in [1.29, 1.82) is 0 Å². The Balaban J connectivity index is 2.10. The van der Waals surface area contributed by atoms with E-state index in [0.717, 1.165) is 11.5 Å². The van der Waals surface area contributed by atoms with Crippen LogP contribution < -0.4 is 15.8 Å². The number of thiophene rings is 1. The number of nitrogens with two attached hydrogens (primary N) is 1. The van der Waals surface area contributed by atoms with E-state index in [4.69, 9.17) is 10.5 Å². The number of hydrogen-bond donors (Lipinski definition) is 2. The molecule has 2 heterocycles. The van der Waals surface area contributed by atoms with Crippen molar-refractivity contribution in [2.75, 3.05) is 17.7 Å². The SMILES string of the molecule is CC(C)COc1nc(Nc2ccsc2)ccc1N. The lowest BCUT2D eigenvalue weighted by Gasteiger charge is -2.11. The van der Waals surface area contributed by atoms with Crippen molar-refractivity contribution >= 4 is 28.5 Å². The Hall–Kier alpha value is -1.75. The second-order valence-corrected chi connectivity index (χ2v) is 5.21. The monoisotopic (exact) mass is 263 g/mol. The van der Waals surface area contributed by atoms with Crippen LogP contribution in [0.2, 0.25) is 0 Å². The van der Waals surface area contributed by atoms with Gasteiger partial charge in [-0.05, 0) is 29.5 Å². The molecular weight excluding hydrogens is 246 g/mol. The highest BCUT2D eigenvalue weighted by Crippen LogP contribution is 2.24. The highest BCUT2D eigenvalue weighted by atomic mass is 32.1. The maximum absolute atomic E-state index is 5.84. The fourth-order valence-corrected chi connectivity index (χ4v) is 1.95. The molecular formula is C13H17N3OS. The predicted molar refractivity (Wildman–Crippen MR) is 76.6 cm³/mol. The Kier molecular flexibility index (Phi) is 4.04. The zero-order chi connectivity index (χ0) is 13.0. The van der Waals surface area contributed by atoms with Gasteiger partial charge in [0.1, 0.15) is 5.82 Å². The summed E-state index contributed by atoms with van der Waals surface area (Å²) < 4.78 is 5.58. The highest BCUT2D eigenvalue weighted by Gasteiger charge is 2.06. The van der Waals surface area contributed by atoms with Gasteiger partial charge in [-0.1, -0.05) is 13.8 Å². The molecule has 2 aromatic heterocycles. The summed E-state index contributed by atoms with van der Waals surface area (Å²) in [5.41, 5.74) is 7.42. The fourth-order valence-electron chi connectivity index (χ4n) is 1.37. The molecule has 0 unspecified atom stereocenters. The van der Waals surface area contributed by atoms with Crippen LogP contribution in [0, 0.1) is 5.92 Å². The number of rotatable bonds is 5. The van der Waals surface area contributed by atoms with Crippen molar-refractivity contribution in [2.24, 2.45) is 5.92 Å². The maximum atomic E-state index is 5.84. The summed E-state index contributed by atoms with van der Waals surface area (Å²) in [4.78, 5) is 4.37. The number of nitrogens with zero attached hydrogens (tertiary/aromatic N) is 1. The standard InChI is InChI=1S/C13H17N3OS/c1-9(2)7-17-13-11(14)3-4-12(16-13)15-10-5-6-18-8-10/h3-6,8-9H,7,14H2,1-2H3,(H,15,16). The summed E-state index contributed by atoms with van der Waals surface area (Å²) in [7, 11) is 0. The van der Waals surface area contributed by atoms with Gasteiger partial charge >= 0.3 is 0 Å². The zero-order valence-corrected chi connectivity index (χ0v) is 11.3. The third-order valence-corrected chi connectivity index (χ3v) is 2.92. The molecule has 2 rings (SSSR count). The zero-order valence-electron chi connectivity index (χ0n) is 10.5. The summed E-state index contributed by atoms with van der Waals surface area (Å²) in [5.74, 6) is 1.67. The third kappa shape index (κ3) is 3.37. The van der Waals surface area contributed by atoms with Gasteiger partial charge in [0.05, 0.1) is 18.0 Å². The second kappa shape index (κ2) is 5.73. The molecule has 0 saturated carbocycles. The summed E-state index contributed by atoms with van der Waals surface area (Å²) in [6.07, 6.45) is 0. The smallest absolute Gasteiger partial charge is 0.239 e. The van der Waals surface area contributed by atoms with Crippen LogP contribution in [0.4, 0.5) is 17.2 Å². The van der Waals surface area contributed by atoms with Crippen molar-refractivity contribution < 1.29 is 4.74 Å². The summed E-state index contributed by atoms with van der Waals surface area (Å²) in [5, 5.41) is 7.23. The lowest BCUT2D eigenvalue weighted by atomic mass is 10.2. The van der Waals surface area contributed by atoms with Gasteiger partial charge in [0.15, 0.2) is 0 Å². The van der Waals surface area contributed by atoms with Gasteiger partial charge < -0.3 is 15.8 Å². The number of nitrogen functional groups attached to an aromatic ring is 1. The van der Waals surface area contributed by atoms with E-state index in [1.807, 2.05) is 22.9 Å². The molecule has 0 aliphatic rings. The first-order valence-corrected chi connectivity index (χ1v) is 6.78. The van der Waals surface area contributed by atoms with E-state index in [0.29, 0.717) is 24.1 Å². The molecule has 18 heavy (non-hydrogen) atoms. The molecule has 0 atom stereocenters. The molecule has 0 radical (unpaired) electrons. The van der Waals surface area contributed by atoms with Gasteiger partial charge in [0, 0.05) is 5.38 Å². The average Bonchev–Trinajstić information content (AvgIpc) is 2.82.